The largest absolute Gasteiger partial charge is 0.351 e. The Balaban J connectivity index is 2.18. The van der Waals surface area contributed by atoms with E-state index < -0.39 is 0 Å². The average molecular weight is 212 g/mol. The lowest BCUT2D eigenvalue weighted by molar-refractivity contribution is -0.124. The molecule has 0 aliphatic heterocycles. The fraction of sp³-hybridized carbons (Fsp3) is 0.444. The van der Waals surface area contributed by atoms with E-state index in [0.717, 1.165) is 4.88 Å². The van der Waals surface area contributed by atoms with Gasteiger partial charge in [0.2, 0.25) is 5.91 Å². The Labute approximate surface area is 86.4 Å². The number of hydrogen-bond acceptors (Lipinski definition) is 4. The summed E-state index contributed by atoms with van der Waals surface area (Å²) in [6.45, 7) is 1.98. The molecule has 0 aromatic carbocycles. The standard InChI is InChI=1S/C9H12N2O2S/c1-7(12)2-3-9(13)11-5-8-4-10-6-14-8/h4,6H,2-3,5H2,1H3,(H,11,13). The van der Waals surface area contributed by atoms with Gasteiger partial charge < -0.3 is 10.1 Å². The smallest absolute Gasteiger partial charge is 0.220 e. The molecule has 76 valence electrons. The van der Waals surface area contributed by atoms with Gasteiger partial charge in [-0.3, -0.25) is 9.78 Å². The molecule has 14 heavy (non-hydrogen) atoms. The van der Waals surface area contributed by atoms with Gasteiger partial charge in [-0.2, -0.15) is 0 Å². The molecule has 1 heterocycles. The number of amides is 1. The van der Waals surface area contributed by atoms with Gasteiger partial charge in [0.1, 0.15) is 5.78 Å². The van der Waals surface area contributed by atoms with Crippen molar-refractivity contribution < 1.29 is 9.59 Å². The summed E-state index contributed by atoms with van der Waals surface area (Å²) in [5.41, 5.74) is 1.72. The predicted molar refractivity (Wildman–Crippen MR) is 53.9 cm³/mol. The minimum Gasteiger partial charge on any atom is -0.351 e. The highest BCUT2D eigenvalue weighted by atomic mass is 32.1. The first-order chi connectivity index (χ1) is 6.68. The van der Waals surface area contributed by atoms with Crippen LogP contribution in [0.1, 0.15) is 24.6 Å². The molecule has 0 radical (unpaired) electrons. The van der Waals surface area contributed by atoms with Crippen molar-refractivity contribution in [1.82, 2.24) is 10.3 Å². The monoisotopic (exact) mass is 212 g/mol. The zero-order chi connectivity index (χ0) is 10.4. The Bertz CT molecular complexity index is 309. The molecule has 4 nitrogen and oxygen atoms in total. The molecule has 0 spiro atoms. The van der Waals surface area contributed by atoms with Crippen LogP contribution in [0.15, 0.2) is 11.7 Å². The second kappa shape index (κ2) is 5.49. The summed E-state index contributed by atoms with van der Waals surface area (Å²) in [7, 11) is 0. The van der Waals surface area contributed by atoms with Crippen LogP contribution in [0, 0.1) is 0 Å². The highest BCUT2D eigenvalue weighted by molar-refractivity contribution is 7.09. The molecule has 0 atom stereocenters. The number of carbonyl (C=O) groups excluding carboxylic acids is 2. The summed E-state index contributed by atoms with van der Waals surface area (Å²) in [4.78, 5) is 26.7. The highest BCUT2D eigenvalue weighted by Gasteiger charge is 2.03. The van der Waals surface area contributed by atoms with E-state index in [4.69, 9.17) is 0 Å². The maximum atomic E-state index is 11.2. The number of nitrogens with zero attached hydrogens (tertiary/aromatic N) is 1. The fourth-order valence-corrected chi connectivity index (χ4v) is 1.43. The Kier molecular flexibility index (Phi) is 4.25. The summed E-state index contributed by atoms with van der Waals surface area (Å²) < 4.78 is 0. The molecular weight excluding hydrogens is 200 g/mol. The molecule has 1 rings (SSSR count). The van der Waals surface area contributed by atoms with Gasteiger partial charge in [-0.1, -0.05) is 0 Å². The molecule has 0 fully saturated rings. The number of aromatic nitrogens is 1. The average Bonchev–Trinajstić information content (AvgIpc) is 2.63. The zero-order valence-corrected chi connectivity index (χ0v) is 8.76. The fourth-order valence-electron chi connectivity index (χ4n) is 0.893. The zero-order valence-electron chi connectivity index (χ0n) is 7.95. The Morgan fingerprint density at radius 3 is 2.86 bits per heavy atom. The second-order valence-electron chi connectivity index (χ2n) is 2.95. The number of ketones is 1. The van der Waals surface area contributed by atoms with E-state index in [2.05, 4.69) is 10.3 Å². The predicted octanol–water partition coefficient (Wildman–Crippen LogP) is 1.13. The Morgan fingerprint density at radius 2 is 2.29 bits per heavy atom. The van der Waals surface area contributed by atoms with Crippen LogP contribution < -0.4 is 5.32 Å². The molecule has 1 aromatic heterocycles. The molecular formula is C9H12N2O2S. The lowest BCUT2D eigenvalue weighted by Crippen LogP contribution is -2.22. The number of rotatable bonds is 5. The van der Waals surface area contributed by atoms with Crippen molar-refractivity contribution in [3.8, 4) is 0 Å². The van der Waals surface area contributed by atoms with Crippen molar-refractivity contribution >= 4 is 23.0 Å². The summed E-state index contributed by atoms with van der Waals surface area (Å²) in [5.74, 6) is -0.0495. The molecule has 5 heteroatoms. The summed E-state index contributed by atoms with van der Waals surface area (Å²) in [6, 6.07) is 0. The first-order valence-electron chi connectivity index (χ1n) is 4.32. The van der Waals surface area contributed by atoms with E-state index >= 15 is 0 Å². The van der Waals surface area contributed by atoms with E-state index in [-0.39, 0.29) is 18.1 Å². The van der Waals surface area contributed by atoms with Crippen LogP contribution in [0.3, 0.4) is 0 Å². The number of hydrogen-bond donors (Lipinski definition) is 1. The molecule has 0 bridgehead atoms. The van der Waals surface area contributed by atoms with Crippen LogP contribution in [0.4, 0.5) is 0 Å². The molecule has 0 unspecified atom stereocenters. The van der Waals surface area contributed by atoms with Crippen molar-refractivity contribution in [3.05, 3.63) is 16.6 Å². The summed E-state index contributed by atoms with van der Waals surface area (Å²) in [5, 5.41) is 2.72. The summed E-state index contributed by atoms with van der Waals surface area (Å²) >= 11 is 1.50. The molecule has 1 aromatic rings. The van der Waals surface area contributed by atoms with Crippen molar-refractivity contribution in [3.63, 3.8) is 0 Å². The maximum absolute atomic E-state index is 11.2. The van der Waals surface area contributed by atoms with Crippen LogP contribution in [0.25, 0.3) is 0 Å². The lowest BCUT2D eigenvalue weighted by Gasteiger charge is -2.01. The van der Waals surface area contributed by atoms with E-state index in [9.17, 15) is 9.59 Å². The first-order valence-corrected chi connectivity index (χ1v) is 5.20. The lowest BCUT2D eigenvalue weighted by atomic mass is 10.2. The van der Waals surface area contributed by atoms with Crippen molar-refractivity contribution in [1.29, 1.82) is 0 Å². The second-order valence-corrected chi connectivity index (χ2v) is 3.92. The molecule has 0 aliphatic rings. The van der Waals surface area contributed by atoms with Gasteiger partial charge in [0.05, 0.1) is 12.1 Å². The van der Waals surface area contributed by atoms with Gasteiger partial charge >= 0.3 is 0 Å². The minimum atomic E-state index is -0.0893. The molecule has 1 N–H and O–H groups in total. The SMILES string of the molecule is CC(=O)CCC(=O)NCc1cncs1. The van der Waals surface area contributed by atoms with Crippen LogP contribution in [0.2, 0.25) is 0 Å². The Morgan fingerprint density at radius 1 is 1.50 bits per heavy atom. The van der Waals surface area contributed by atoms with Crippen molar-refractivity contribution in [2.45, 2.75) is 26.3 Å². The third-order valence-electron chi connectivity index (χ3n) is 1.65. The molecule has 0 saturated carbocycles. The van der Waals surface area contributed by atoms with E-state index in [1.165, 1.54) is 18.3 Å². The number of thiazole rings is 1. The van der Waals surface area contributed by atoms with Crippen LogP contribution in [0.5, 0.6) is 0 Å². The summed E-state index contributed by atoms with van der Waals surface area (Å²) in [6.07, 6.45) is 2.30. The van der Waals surface area contributed by atoms with E-state index in [1.54, 1.807) is 11.7 Å². The number of carbonyl (C=O) groups is 2. The van der Waals surface area contributed by atoms with Crippen LogP contribution in [-0.2, 0) is 16.1 Å². The number of Topliss-reactive ketones (excluding diaryl/α,β-unsaturated/α-hetero) is 1. The van der Waals surface area contributed by atoms with Gasteiger partial charge in [-0.05, 0) is 6.92 Å². The number of nitrogens with one attached hydrogen (secondary N) is 1. The quantitative estimate of drug-likeness (QED) is 0.796. The highest BCUT2D eigenvalue weighted by Crippen LogP contribution is 2.04. The molecule has 1 amide bonds. The third-order valence-corrected chi connectivity index (χ3v) is 2.43. The minimum absolute atomic E-state index is 0.0398. The van der Waals surface area contributed by atoms with E-state index in [0.29, 0.717) is 13.0 Å². The maximum Gasteiger partial charge on any atom is 0.220 e. The van der Waals surface area contributed by atoms with Gasteiger partial charge in [-0.15, -0.1) is 11.3 Å². The van der Waals surface area contributed by atoms with Crippen molar-refractivity contribution in [2.75, 3.05) is 0 Å². The first kappa shape index (κ1) is 10.8. The van der Waals surface area contributed by atoms with Gasteiger partial charge in [0, 0.05) is 23.9 Å². The third kappa shape index (κ3) is 4.13. The van der Waals surface area contributed by atoms with Gasteiger partial charge in [0.15, 0.2) is 0 Å². The van der Waals surface area contributed by atoms with Gasteiger partial charge in [-0.25, -0.2) is 0 Å². The Hall–Kier alpha value is -1.23. The van der Waals surface area contributed by atoms with Crippen molar-refractivity contribution in [2.24, 2.45) is 0 Å². The van der Waals surface area contributed by atoms with Crippen LogP contribution >= 0.6 is 11.3 Å². The normalized spacial score (nSPS) is 9.79. The van der Waals surface area contributed by atoms with E-state index in [1.807, 2.05) is 0 Å². The molecule has 0 aliphatic carbocycles. The van der Waals surface area contributed by atoms with Gasteiger partial charge in [0.25, 0.3) is 0 Å². The topological polar surface area (TPSA) is 59.1 Å². The van der Waals surface area contributed by atoms with Crippen LogP contribution in [-0.4, -0.2) is 16.7 Å². The molecule has 0 saturated heterocycles.